The van der Waals surface area contributed by atoms with E-state index in [0.717, 1.165) is 31.0 Å². The van der Waals surface area contributed by atoms with Gasteiger partial charge in [0.2, 0.25) is 0 Å². The van der Waals surface area contributed by atoms with E-state index in [1.54, 1.807) is 13.3 Å². The van der Waals surface area contributed by atoms with Gasteiger partial charge in [0.15, 0.2) is 0 Å². The number of anilines is 1. The summed E-state index contributed by atoms with van der Waals surface area (Å²) in [6.07, 6.45) is 2.63. The van der Waals surface area contributed by atoms with E-state index in [4.69, 9.17) is 22.7 Å². The Bertz CT molecular complexity index is 330. The molecule has 0 saturated heterocycles. The van der Waals surface area contributed by atoms with Gasteiger partial charge in [-0.25, -0.2) is 4.98 Å². The molecule has 0 fully saturated rings. The van der Waals surface area contributed by atoms with Crippen LogP contribution in [0.3, 0.4) is 0 Å². The van der Waals surface area contributed by atoms with Crippen molar-refractivity contribution in [3.8, 4) is 0 Å². The van der Waals surface area contributed by atoms with E-state index in [9.17, 15) is 0 Å². The Labute approximate surface area is 94.8 Å². The fraction of sp³-hybridized carbons (Fsp3) is 0.400. The monoisotopic (exact) mass is 225 g/mol. The molecule has 0 aliphatic carbocycles. The second-order valence-corrected chi connectivity index (χ2v) is 3.48. The van der Waals surface area contributed by atoms with E-state index >= 15 is 0 Å². The van der Waals surface area contributed by atoms with Crippen LogP contribution in [0.5, 0.6) is 0 Å². The van der Waals surface area contributed by atoms with E-state index in [2.05, 4.69) is 10.3 Å². The summed E-state index contributed by atoms with van der Waals surface area (Å²) < 4.78 is 4.95. The standard InChI is InChI=1S/C10H15N3OS/c1-14-7-3-6-13-10-8(9(11)15)4-2-5-12-10/h2,4-5H,3,6-7H2,1H3,(H2,11,15)(H,12,13). The molecule has 15 heavy (non-hydrogen) atoms. The molecule has 0 aliphatic rings. The Kier molecular flexibility index (Phi) is 5.00. The van der Waals surface area contributed by atoms with Crippen LogP contribution < -0.4 is 11.1 Å². The van der Waals surface area contributed by atoms with Crippen molar-refractivity contribution < 1.29 is 4.74 Å². The average Bonchev–Trinajstić information content (AvgIpc) is 2.25. The molecule has 0 radical (unpaired) electrons. The molecular weight excluding hydrogens is 210 g/mol. The van der Waals surface area contributed by atoms with Gasteiger partial charge in [-0.2, -0.15) is 0 Å². The van der Waals surface area contributed by atoms with Gasteiger partial charge in [-0.05, 0) is 18.6 Å². The third kappa shape index (κ3) is 3.81. The lowest BCUT2D eigenvalue weighted by atomic mass is 10.2. The van der Waals surface area contributed by atoms with Crippen LogP contribution >= 0.6 is 12.2 Å². The lowest BCUT2D eigenvalue weighted by Crippen LogP contribution is -2.15. The maximum Gasteiger partial charge on any atom is 0.136 e. The molecule has 0 saturated carbocycles. The molecular formula is C10H15N3OS. The molecule has 5 heteroatoms. The van der Waals surface area contributed by atoms with Crippen LogP contribution in [0.2, 0.25) is 0 Å². The highest BCUT2D eigenvalue weighted by atomic mass is 32.1. The van der Waals surface area contributed by atoms with Crippen molar-refractivity contribution in [3.05, 3.63) is 23.9 Å². The quantitative estimate of drug-likeness (QED) is 0.562. The van der Waals surface area contributed by atoms with Crippen molar-refractivity contribution in [2.24, 2.45) is 5.73 Å². The summed E-state index contributed by atoms with van der Waals surface area (Å²) in [6, 6.07) is 3.67. The molecule has 0 aromatic carbocycles. The molecule has 0 aliphatic heterocycles. The molecule has 1 aromatic rings. The highest BCUT2D eigenvalue weighted by Gasteiger charge is 2.04. The van der Waals surface area contributed by atoms with Crippen molar-refractivity contribution in [3.63, 3.8) is 0 Å². The van der Waals surface area contributed by atoms with Crippen LogP contribution in [0, 0.1) is 0 Å². The van der Waals surface area contributed by atoms with Crippen LogP contribution in [0.15, 0.2) is 18.3 Å². The lowest BCUT2D eigenvalue weighted by molar-refractivity contribution is 0.198. The predicted octanol–water partition coefficient (Wildman–Crippen LogP) is 1.16. The number of rotatable bonds is 6. The summed E-state index contributed by atoms with van der Waals surface area (Å²) in [5.41, 5.74) is 6.35. The van der Waals surface area contributed by atoms with E-state index < -0.39 is 0 Å². The first kappa shape index (κ1) is 11.9. The fourth-order valence-electron chi connectivity index (χ4n) is 1.17. The summed E-state index contributed by atoms with van der Waals surface area (Å²) in [5.74, 6) is 0.737. The van der Waals surface area contributed by atoms with Gasteiger partial charge in [-0.15, -0.1) is 0 Å². The number of nitrogens with zero attached hydrogens (tertiary/aromatic N) is 1. The van der Waals surface area contributed by atoms with Crippen LogP contribution in [-0.4, -0.2) is 30.2 Å². The third-order valence-electron chi connectivity index (χ3n) is 1.89. The maximum absolute atomic E-state index is 5.57. The fourth-order valence-corrected chi connectivity index (χ4v) is 1.33. The minimum Gasteiger partial charge on any atom is -0.389 e. The Hall–Kier alpha value is -1.20. The maximum atomic E-state index is 5.57. The molecule has 0 bridgehead atoms. The van der Waals surface area contributed by atoms with Crippen LogP contribution in [0.25, 0.3) is 0 Å². The normalized spacial score (nSPS) is 9.93. The number of methoxy groups -OCH3 is 1. The van der Waals surface area contributed by atoms with E-state index in [1.807, 2.05) is 12.1 Å². The molecule has 4 nitrogen and oxygen atoms in total. The molecule has 3 N–H and O–H groups in total. The molecule has 0 unspecified atom stereocenters. The largest absolute Gasteiger partial charge is 0.389 e. The van der Waals surface area contributed by atoms with E-state index in [0.29, 0.717) is 4.99 Å². The van der Waals surface area contributed by atoms with E-state index in [1.165, 1.54) is 0 Å². The smallest absolute Gasteiger partial charge is 0.136 e. The molecule has 0 atom stereocenters. The molecule has 1 aromatic heterocycles. The summed E-state index contributed by atoms with van der Waals surface area (Å²) in [6.45, 7) is 1.52. The van der Waals surface area contributed by atoms with Crippen LogP contribution in [0.1, 0.15) is 12.0 Å². The van der Waals surface area contributed by atoms with Gasteiger partial charge in [-0.1, -0.05) is 12.2 Å². The minimum absolute atomic E-state index is 0.359. The van der Waals surface area contributed by atoms with E-state index in [-0.39, 0.29) is 0 Å². The molecule has 0 spiro atoms. The second-order valence-electron chi connectivity index (χ2n) is 3.04. The number of ether oxygens (including phenoxy) is 1. The van der Waals surface area contributed by atoms with Gasteiger partial charge in [0, 0.05) is 26.5 Å². The number of hydrogen-bond acceptors (Lipinski definition) is 4. The van der Waals surface area contributed by atoms with Crippen molar-refractivity contribution >= 4 is 23.0 Å². The average molecular weight is 225 g/mol. The van der Waals surface area contributed by atoms with Crippen molar-refractivity contribution in [2.75, 3.05) is 25.6 Å². The number of thiocarbonyl (C=S) groups is 1. The first-order valence-electron chi connectivity index (χ1n) is 4.73. The van der Waals surface area contributed by atoms with Gasteiger partial charge >= 0.3 is 0 Å². The molecule has 0 amide bonds. The van der Waals surface area contributed by atoms with Crippen molar-refractivity contribution in [1.82, 2.24) is 4.98 Å². The number of nitrogens with two attached hydrogens (primary N) is 1. The SMILES string of the molecule is COCCCNc1ncccc1C(N)=S. The van der Waals surface area contributed by atoms with Gasteiger partial charge in [0.05, 0.1) is 5.56 Å². The predicted molar refractivity (Wildman–Crippen MR) is 65.1 cm³/mol. The van der Waals surface area contributed by atoms with Crippen LogP contribution in [0.4, 0.5) is 5.82 Å². The number of aromatic nitrogens is 1. The molecule has 82 valence electrons. The highest BCUT2D eigenvalue weighted by molar-refractivity contribution is 7.80. The highest BCUT2D eigenvalue weighted by Crippen LogP contribution is 2.10. The van der Waals surface area contributed by atoms with Gasteiger partial charge in [-0.3, -0.25) is 0 Å². The van der Waals surface area contributed by atoms with Gasteiger partial charge in [0.25, 0.3) is 0 Å². The summed E-state index contributed by atoms with van der Waals surface area (Å²) in [5, 5.41) is 3.17. The number of pyridine rings is 1. The molecule has 1 rings (SSSR count). The zero-order chi connectivity index (χ0) is 11.1. The summed E-state index contributed by atoms with van der Waals surface area (Å²) in [4.78, 5) is 4.54. The minimum atomic E-state index is 0.359. The molecule has 1 heterocycles. The van der Waals surface area contributed by atoms with Crippen molar-refractivity contribution in [1.29, 1.82) is 0 Å². The summed E-state index contributed by atoms with van der Waals surface area (Å²) in [7, 11) is 1.68. The zero-order valence-corrected chi connectivity index (χ0v) is 9.51. The Morgan fingerprint density at radius 2 is 2.47 bits per heavy atom. The van der Waals surface area contributed by atoms with Crippen LogP contribution in [-0.2, 0) is 4.74 Å². The van der Waals surface area contributed by atoms with Gasteiger partial charge in [0.1, 0.15) is 10.8 Å². The van der Waals surface area contributed by atoms with Gasteiger partial charge < -0.3 is 15.8 Å². The first-order valence-corrected chi connectivity index (χ1v) is 5.14. The Balaban J connectivity index is 2.56. The first-order chi connectivity index (χ1) is 7.25. The number of nitrogens with one attached hydrogen (secondary N) is 1. The van der Waals surface area contributed by atoms with Crippen molar-refractivity contribution in [2.45, 2.75) is 6.42 Å². The second kappa shape index (κ2) is 6.31. The Morgan fingerprint density at radius 1 is 1.67 bits per heavy atom. The topological polar surface area (TPSA) is 60.2 Å². The summed E-state index contributed by atoms with van der Waals surface area (Å²) >= 11 is 4.92. The Morgan fingerprint density at radius 3 is 3.13 bits per heavy atom. The third-order valence-corrected chi connectivity index (χ3v) is 2.11. The zero-order valence-electron chi connectivity index (χ0n) is 8.69. The number of hydrogen-bond donors (Lipinski definition) is 2. The lowest BCUT2D eigenvalue weighted by Gasteiger charge is -2.09.